The summed E-state index contributed by atoms with van der Waals surface area (Å²) in [6.07, 6.45) is 0.893. The van der Waals surface area contributed by atoms with Crippen molar-refractivity contribution < 1.29 is 4.74 Å². The number of methoxy groups -OCH3 is 1. The van der Waals surface area contributed by atoms with Gasteiger partial charge in [-0.25, -0.2) is 0 Å². The Labute approximate surface area is 131 Å². The van der Waals surface area contributed by atoms with Crippen molar-refractivity contribution in [2.75, 3.05) is 31.7 Å². The highest BCUT2D eigenvalue weighted by Gasteiger charge is 2.14. The van der Waals surface area contributed by atoms with Gasteiger partial charge >= 0.3 is 0 Å². The van der Waals surface area contributed by atoms with Gasteiger partial charge in [-0.15, -0.1) is 0 Å². The maximum absolute atomic E-state index is 5.98. The predicted octanol–water partition coefficient (Wildman–Crippen LogP) is 3.45. The summed E-state index contributed by atoms with van der Waals surface area (Å²) in [6.45, 7) is 9.18. The van der Waals surface area contributed by atoms with Crippen LogP contribution in [0.4, 0.5) is 5.69 Å². The number of benzene rings is 1. The summed E-state index contributed by atoms with van der Waals surface area (Å²) in [5.74, 6) is 0.606. The van der Waals surface area contributed by atoms with Gasteiger partial charge in [-0.2, -0.15) is 0 Å². The van der Waals surface area contributed by atoms with Crippen LogP contribution < -0.4 is 10.6 Å². The van der Waals surface area contributed by atoms with Gasteiger partial charge in [0.2, 0.25) is 0 Å². The van der Waals surface area contributed by atoms with Gasteiger partial charge in [0, 0.05) is 36.4 Å². The Kier molecular flexibility index (Phi) is 7.56. The Bertz CT molecular complexity index is 407. The molecule has 1 aromatic carbocycles. The van der Waals surface area contributed by atoms with Gasteiger partial charge in [0.1, 0.15) is 0 Å². The van der Waals surface area contributed by atoms with Gasteiger partial charge in [-0.05, 0) is 37.0 Å². The van der Waals surface area contributed by atoms with Crippen LogP contribution in [-0.4, -0.2) is 32.8 Å². The van der Waals surface area contributed by atoms with Crippen molar-refractivity contribution >= 4 is 21.6 Å². The lowest BCUT2D eigenvalue weighted by Crippen LogP contribution is -2.32. The van der Waals surface area contributed by atoms with Crippen molar-refractivity contribution in [1.29, 1.82) is 0 Å². The number of hydrogen-bond donors (Lipinski definition) is 1. The second-order valence-corrected chi connectivity index (χ2v) is 6.70. The molecule has 0 aliphatic carbocycles. The third-order valence-corrected chi connectivity index (χ3v) is 3.57. The van der Waals surface area contributed by atoms with Crippen molar-refractivity contribution in [2.24, 2.45) is 11.7 Å². The third kappa shape index (κ3) is 5.81. The van der Waals surface area contributed by atoms with Gasteiger partial charge in [-0.1, -0.05) is 35.8 Å². The molecular formula is C16H27BrN2O. The molecule has 0 bridgehead atoms. The molecule has 1 rings (SSSR count). The molecule has 0 spiro atoms. The first-order chi connectivity index (χ1) is 9.43. The van der Waals surface area contributed by atoms with E-state index in [0.29, 0.717) is 5.92 Å². The molecule has 20 heavy (non-hydrogen) atoms. The number of hydrogen-bond acceptors (Lipinski definition) is 3. The molecule has 3 nitrogen and oxygen atoms in total. The van der Waals surface area contributed by atoms with Crippen molar-refractivity contribution in [2.45, 2.75) is 33.2 Å². The highest BCUT2D eigenvalue weighted by atomic mass is 79.9. The van der Waals surface area contributed by atoms with Crippen LogP contribution in [0.2, 0.25) is 0 Å². The smallest absolute Gasteiger partial charge is 0.0637 e. The number of halogens is 1. The van der Waals surface area contributed by atoms with E-state index in [1.807, 2.05) is 6.92 Å². The molecule has 0 fully saturated rings. The largest absolute Gasteiger partial charge is 0.383 e. The molecule has 0 heterocycles. The van der Waals surface area contributed by atoms with Crippen LogP contribution in [0.25, 0.3) is 0 Å². The molecule has 0 amide bonds. The third-order valence-electron chi connectivity index (χ3n) is 3.08. The summed E-state index contributed by atoms with van der Waals surface area (Å²) in [5.41, 5.74) is 8.55. The fraction of sp³-hybridized carbons (Fsp3) is 0.625. The van der Waals surface area contributed by atoms with Crippen LogP contribution in [0, 0.1) is 5.92 Å². The van der Waals surface area contributed by atoms with Crippen LogP contribution in [0.5, 0.6) is 0 Å². The summed E-state index contributed by atoms with van der Waals surface area (Å²) in [4.78, 5) is 2.40. The SMILES string of the molecule is COCCN(CC(C)C)c1cc(Br)ccc1CC(C)N. The Hall–Kier alpha value is -0.580. The van der Waals surface area contributed by atoms with Gasteiger partial charge in [0.15, 0.2) is 0 Å². The summed E-state index contributed by atoms with van der Waals surface area (Å²) in [7, 11) is 1.75. The van der Waals surface area contributed by atoms with Crippen molar-refractivity contribution in [3.8, 4) is 0 Å². The molecule has 1 aromatic rings. The van der Waals surface area contributed by atoms with Gasteiger partial charge in [-0.3, -0.25) is 0 Å². The zero-order chi connectivity index (χ0) is 15.1. The Morgan fingerprint density at radius 1 is 1.30 bits per heavy atom. The van der Waals surface area contributed by atoms with Crippen molar-refractivity contribution in [3.63, 3.8) is 0 Å². The van der Waals surface area contributed by atoms with E-state index >= 15 is 0 Å². The molecule has 0 aromatic heterocycles. The lowest BCUT2D eigenvalue weighted by Gasteiger charge is -2.29. The number of rotatable bonds is 8. The second-order valence-electron chi connectivity index (χ2n) is 5.79. The van der Waals surface area contributed by atoms with Gasteiger partial charge in [0.25, 0.3) is 0 Å². The molecule has 0 saturated heterocycles. The lowest BCUT2D eigenvalue weighted by atomic mass is 10.0. The monoisotopic (exact) mass is 342 g/mol. The van der Waals surface area contributed by atoms with Crippen LogP contribution in [-0.2, 0) is 11.2 Å². The number of ether oxygens (including phenoxy) is 1. The standard InChI is InChI=1S/C16H27BrN2O/c1-12(2)11-19(7-8-20-4)16-10-15(17)6-5-14(16)9-13(3)18/h5-6,10,12-13H,7-9,11,18H2,1-4H3. The summed E-state index contributed by atoms with van der Waals surface area (Å²) < 4.78 is 6.35. The first-order valence-corrected chi connectivity index (χ1v) is 8.01. The summed E-state index contributed by atoms with van der Waals surface area (Å²) in [5, 5.41) is 0. The molecule has 2 N–H and O–H groups in total. The molecule has 0 aliphatic heterocycles. The van der Waals surface area contributed by atoms with E-state index in [2.05, 4.69) is 52.9 Å². The quantitative estimate of drug-likeness (QED) is 0.786. The van der Waals surface area contributed by atoms with Crippen LogP contribution in [0.15, 0.2) is 22.7 Å². The lowest BCUT2D eigenvalue weighted by molar-refractivity contribution is 0.204. The average molecular weight is 343 g/mol. The van der Waals surface area contributed by atoms with E-state index in [1.54, 1.807) is 7.11 Å². The van der Waals surface area contributed by atoms with E-state index in [4.69, 9.17) is 10.5 Å². The normalized spacial score (nSPS) is 12.8. The molecule has 0 saturated carbocycles. The average Bonchev–Trinajstić information content (AvgIpc) is 2.35. The minimum absolute atomic E-state index is 0.165. The van der Waals surface area contributed by atoms with Crippen LogP contribution in [0.3, 0.4) is 0 Å². The van der Waals surface area contributed by atoms with Crippen LogP contribution >= 0.6 is 15.9 Å². The maximum Gasteiger partial charge on any atom is 0.0637 e. The van der Waals surface area contributed by atoms with Gasteiger partial charge in [0.05, 0.1) is 6.61 Å². The maximum atomic E-state index is 5.98. The molecule has 1 atom stereocenters. The number of nitrogens with zero attached hydrogens (tertiary/aromatic N) is 1. The highest BCUT2D eigenvalue weighted by Crippen LogP contribution is 2.27. The van der Waals surface area contributed by atoms with Crippen molar-refractivity contribution in [1.82, 2.24) is 0 Å². The Morgan fingerprint density at radius 3 is 2.55 bits per heavy atom. The molecule has 0 aliphatic rings. The second kappa shape index (κ2) is 8.65. The van der Waals surface area contributed by atoms with E-state index in [9.17, 15) is 0 Å². The predicted molar refractivity (Wildman–Crippen MR) is 90.4 cm³/mol. The topological polar surface area (TPSA) is 38.5 Å². The van der Waals surface area contributed by atoms with E-state index in [1.165, 1.54) is 11.3 Å². The van der Waals surface area contributed by atoms with E-state index in [0.717, 1.165) is 30.6 Å². The Balaban J connectivity index is 3.04. The molecule has 0 radical (unpaired) electrons. The highest BCUT2D eigenvalue weighted by molar-refractivity contribution is 9.10. The molecule has 4 heteroatoms. The number of nitrogens with two attached hydrogens (primary N) is 1. The molecular weight excluding hydrogens is 316 g/mol. The Morgan fingerprint density at radius 2 is 2.00 bits per heavy atom. The number of anilines is 1. The first-order valence-electron chi connectivity index (χ1n) is 7.22. The minimum atomic E-state index is 0.165. The minimum Gasteiger partial charge on any atom is -0.383 e. The first kappa shape index (κ1) is 17.5. The summed E-state index contributed by atoms with van der Waals surface area (Å²) >= 11 is 3.58. The zero-order valence-electron chi connectivity index (χ0n) is 13.0. The fourth-order valence-electron chi connectivity index (χ4n) is 2.30. The molecule has 114 valence electrons. The van der Waals surface area contributed by atoms with E-state index < -0.39 is 0 Å². The molecule has 1 unspecified atom stereocenters. The van der Waals surface area contributed by atoms with E-state index in [-0.39, 0.29) is 6.04 Å². The fourth-order valence-corrected chi connectivity index (χ4v) is 2.65. The zero-order valence-corrected chi connectivity index (χ0v) is 14.6. The summed E-state index contributed by atoms with van der Waals surface area (Å²) in [6, 6.07) is 6.61. The van der Waals surface area contributed by atoms with Crippen molar-refractivity contribution in [3.05, 3.63) is 28.2 Å². The van der Waals surface area contributed by atoms with Gasteiger partial charge < -0.3 is 15.4 Å². The van der Waals surface area contributed by atoms with Crippen LogP contribution in [0.1, 0.15) is 26.3 Å².